The topological polar surface area (TPSA) is 88.5 Å². The number of hydrogen-bond acceptors (Lipinski definition) is 4. The second-order valence-corrected chi connectivity index (χ2v) is 5.24. The number of carboxylic acids is 1. The third-order valence-electron chi connectivity index (χ3n) is 3.18. The quantitative estimate of drug-likeness (QED) is 0.622. The Bertz CT molecular complexity index is 581. The predicted octanol–water partition coefficient (Wildman–Crippen LogP) is 2.73. The summed E-state index contributed by atoms with van der Waals surface area (Å²) < 4.78 is 54.0. The molecule has 2 N–H and O–H groups in total. The van der Waals surface area contributed by atoms with Crippen molar-refractivity contribution in [3.8, 4) is 5.88 Å². The summed E-state index contributed by atoms with van der Waals surface area (Å²) in [6, 6.07) is 1.16. The van der Waals surface area contributed by atoms with Gasteiger partial charge in [-0.05, 0) is 12.5 Å². The van der Waals surface area contributed by atoms with E-state index < -0.39 is 36.9 Å². The molecule has 0 radical (unpaired) electrons. The van der Waals surface area contributed by atoms with Crippen LogP contribution in [0.5, 0.6) is 5.88 Å². The number of halogens is 4. The highest BCUT2D eigenvalue weighted by atomic mass is 19.3. The van der Waals surface area contributed by atoms with Crippen molar-refractivity contribution in [3.05, 3.63) is 23.9 Å². The second kappa shape index (κ2) is 9.19. The van der Waals surface area contributed by atoms with Gasteiger partial charge in [0.15, 0.2) is 6.61 Å². The molecular formula is C15H18F4N2O4. The molecule has 0 aliphatic rings. The van der Waals surface area contributed by atoms with E-state index in [0.29, 0.717) is 6.42 Å². The zero-order valence-electron chi connectivity index (χ0n) is 13.3. The lowest BCUT2D eigenvalue weighted by atomic mass is 10.1. The average Bonchev–Trinajstić information content (AvgIpc) is 2.56. The molecule has 140 valence electrons. The molecule has 1 aromatic rings. The van der Waals surface area contributed by atoms with Crippen molar-refractivity contribution in [2.45, 2.75) is 44.6 Å². The van der Waals surface area contributed by atoms with E-state index in [1.807, 2.05) is 6.92 Å². The molecule has 1 aromatic heterocycles. The van der Waals surface area contributed by atoms with E-state index in [1.165, 1.54) is 0 Å². The van der Waals surface area contributed by atoms with Crippen molar-refractivity contribution in [1.82, 2.24) is 10.3 Å². The molecule has 1 unspecified atom stereocenters. The van der Waals surface area contributed by atoms with Gasteiger partial charge in [0.25, 0.3) is 5.91 Å². The number of ether oxygens (including phenoxy) is 1. The maximum Gasteiger partial charge on any atom is 0.340 e. The standard InChI is InChI=1S/C15H18F4N2O4/c1-2-3-4-10(13(23)24)21-12(22)9-5-6-11(20-7-9)25-8-15(18,19)14(16)17/h5-7,10,14H,2-4,8H2,1H3,(H,21,22)(H,23,24). The van der Waals surface area contributed by atoms with Crippen molar-refractivity contribution < 1.29 is 37.0 Å². The summed E-state index contributed by atoms with van der Waals surface area (Å²) in [6.07, 6.45) is -1.26. The van der Waals surface area contributed by atoms with Crippen molar-refractivity contribution in [1.29, 1.82) is 0 Å². The second-order valence-electron chi connectivity index (χ2n) is 5.24. The number of pyridine rings is 1. The first kappa shape index (κ1) is 20.7. The number of carbonyl (C=O) groups is 2. The van der Waals surface area contributed by atoms with E-state index in [1.54, 1.807) is 0 Å². The summed E-state index contributed by atoms with van der Waals surface area (Å²) in [4.78, 5) is 26.6. The Morgan fingerprint density at radius 1 is 1.36 bits per heavy atom. The van der Waals surface area contributed by atoms with Gasteiger partial charge < -0.3 is 15.2 Å². The Hall–Kier alpha value is -2.39. The summed E-state index contributed by atoms with van der Waals surface area (Å²) in [5.41, 5.74) is -0.0179. The van der Waals surface area contributed by atoms with Gasteiger partial charge in [0.05, 0.1) is 5.56 Å². The van der Waals surface area contributed by atoms with Gasteiger partial charge in [-0.2, -0.15) is 8.78 Å². The van der Waals surface area contributed by atoms with Gasteiger partial charge in [0, 0.05) is 12.3 Å². The van der Waals surface area contributed by atoms with Crippen LogP contribution in [0.15, 0.2) is 18.3 Å². The van der Waals surface area contributed by atoms with Gasteiger partial charge >= 0.3 is 18.3 Å². The molecule has 0 bridgehead atoms. The first-order valence-electron chi connectivity index (χ1n) is 7.46. The average molecular weight is 366 g/mol. The van der Waals surface area contributed by atoms with Crippen LogP contribution in [-0.2, 0) is 4.79 Å². The molecule has 0 aliphatic heterocycles. The number of alkyl halides is 4. The van der Waals surface area contributed by atoms with E-state index in [-0.39, 0.29) is 17.9 Å². The number of aliphatic carboxylic acids is 1. The largest absolute Gasteiger partial charge is 0.480 e. The van der Waals surface area contributed by atoms with Crippen LogP contribution in [0.25, 0.3) is 0 Å². The smallest absolute Gasteiger partial charge is 0.340 e. The van der Waals surface area contributed by atoms with Crippen LogP contribution in [0.3, 0.4) is 0 Å². The summed E-state index contributed by atoms with van der Waals surface area (Å²) in [5, 5.41) is 11.4. The molecule has 1 atom stereocenters. The Labute approximate surface area is 141 Å². The molecule has 6 nitrogen and oxygen atoms in total. The molecule has 25 heavy (non-hydrogen) atoms. The minimum absolute atomic E-state index is 0.0179. The predicted molar refractivity (Wildman–Crippen MR) is 79.1 cm³/mol. The fourth-order valence-electron chi connectivity index (χ4n) is 1.74. The molecule has 1 rings (SSSR count). The number of carbonyl (C=O) groups excluding carboxylic acids is 1. The molecule has 0 aromatic carbocycles. The highest BCUT2D eigenvalue weighted by molar-refractivity contribution is 5.96. The maximum absolute atomic E-state index is 12.7. The summed E-state index contributed by atoms with van der Waals surface area (Å²) in [7, 11) is 0. The van der Waals surface area contributed by atoms with Gasteiger partial charge in [-0.25, -0.2) is 18.6 Å². The van der Waals surface area contributed by atoms with Gasteiger partial charge in [0.2, 0.25) is 5.88 Å². The van der Waals surface area contributed by atoms with E-state index >= 15 is 0 Å². The fourth-order valence-corrected chi connectivity index (χ4v) is 1.74. The number of unbranched alkanes of at least 4 members (excludes halogenated alkanes) is 1. The number of rotatable bonds is 10. The summed E-state index contributed by atoms with van der Waals surface area (Å²) in [6.45, 7) is 0.322. The van der Waals surface area contributed by atoms with Crippen molar-refractivity contribution in [3.63, 3.8) is 0 Å². The van der Waals surface area contributed by atoms with Crippen molar-refractivity contribution in [2.24, 2.45) is 0 Å². The Balaban J connectivity index is 2.65. The van der Waals surface area contributed by atoms with Gasteiger partial charge in [-0.3, -0.25) is 4.79 Å². The molecule has 0 saturated carbocycles. The van der Waals surface area contributed by atoms with Crippen molar-refractivity contribution >= 4 is 11.9 Å². The fraction of sp³-hybridized carbons (Fsp3) is 0.533. The van der Waals surface area contributed by atoms with Gasteiger partial charge in [-0.15, -0.1) is 0 Å². The minimum atomic E-state index is -4.31. The third-order valence-corrected chi connectivity index (χ3v) is 3.18. The van der Waals surface area contributed by atoms with Crippen LogP contribution in [0.2, 0.25) is 0 Å². The number of nitrogens with zero attached hydrogens (tertiary/aromatic N) is 1. The van der Waals surface area contributed by atoms with Gasteiger partial charge in [-0.1, -0.05) is 19.8 Å². The van der Waals surface area contributed by atoms with Crippen LogP contribution in [0, 0.1) is 0 Å². The highest BCUT2D eigenvalue weighted by Gasteiger charge is 2.41. The lowest BCUT2D eigenvalue weighted by Gasteiger charge is -2.16. The Morgan fingerprint density at radius 2 is 2.04 bits per heavy atom. The molecule has 0 fully saturated rings. The normalized spacial score (nSPS) is 12.7. The van der Waals surface area contributed by atoms with E-state index in [0.717, 1.165) is 24.8 Å². The van der Waals surface area contributed by atoms with Crippen molar-refractivity contribution in [2.75, 3.05) is 6.61 Å². The monoisotopic (exact) mass is 366 g/mol. The first-order valence-corrected chi connectivity index (χ1v) is 7.46. The lowest BCUT2D eigenvalue weighted by Crippen LogP contribution is -2.40. The van der Waals surface area contributed by atoms with Crippen LogP contribution in [0.1, 0.15) is 36.5 Å². The molecule has 0 aliphatic carbocycles. The summed E-state index contributed by atoms with van der Waals surface area (Å²) >= 11 is 0. The summed E-state index contributed by atoms with van der Waals surface area (Å²) in [5.74, 6) is -6.56. The molecule has 0 spiro atoms. The van der Waals surface area contributed by atoms with E-state index in [2.05, 4.69) is 15.0 Å². The molecule has 1 amide bonds. The molecule has 1 heterocycles. The minimum Gasteiger partial charge on any atom is -0.480 e. The zero-order chi connectivity index (χ0) is 19.0. The highest BCUT2D eigenvalue weighted by Crippen LogP contribution is 2.23. The number of amides is 1. The SMILES string of the molecule is CCCCC(NC(=O)c1ccc(OCC(F)(F)C(F)F)nc1)C(=O)O. The van der Waals surface area contributed by atoms with E-state index in [4.69, 9.17) is 5.11 Å². The number of aromatic nitrogens is 1. The number of nitrogens with one attached hydrogen (secondary N) is 1. The zero-order valence-corrected chi connectivity index (χ0v) is 13.3. The number of hydrogen-bond donors (Lipinski definition) is 2. The van der Waals surface area contributed by atoms with Crippen LogP contribution < -0.4 is 10.1 Å². The Kier molecular flexibility index (Phi) is 7.59. The Morgan fingerprint density at radius 3 is 2.52 bits per heavy atom. The van der Waals surface area contributed by atoms with Crippen LogP contribution in [-0.4, -0.2) is 47.0 Å². The lowest BCUT2D eigenvalue weighted by molar-refractivity contribution is -0.148. The molecular weight excluding hydrogens is 348 g/mol. The molecule has 10 heteroatoms. The first-order chi connectivity index (χ1) is 11.7. The maximum atomic E-state index is 12.7. The third kappa shape index (κ3) is 6.55. The number of carboxylic acid groups (broad SMARTS) is 1. The van der Waals surface area contributed by atoms with E-state index in [9.17, 15) is 27.2 Å². The molecule has 0 saturated heterocycles. The van der Waals surface area contributed by atoms with Gasteiger partial charge in [0.1, 0.15) is 6.04 Å². The van der Waals surface area contributed by atoms with Crippen LogP contribution in [0.4, 0.5) is 17.6 Å². The van der Waals surface area contributed by atoms with Crippen LogP contribution >= 0.6 is 0 Å².